The van der Waals surface area contributed by atoms with Crippen molar-refractivity contribution >= 4 is 17.3 Å². The maximum atomic E-state index is 10.6. The molecule has 0 spiro atoms. The summed E-state index contributed by atoms with van der Waals surface area (Å²) in [4.78, 5) is 10.2. The van der Waals surface area contributed by atoms with E-state index in [2.05, 4.69) is 0 Å². The first kappa shape index (κ1) is 15.3. The summed E-state index contributed by atoms with van der Waals surface area (Å²) in [7, 11) is 0. The highest BCUT2D eigenvalue weighted by atomic mass is 35.5. The molecule has 0 saturated carbocycles. The summed E-state index contributed by atoms with van der Waals surface area (Å²) in [6, 6.07) is 11.3. The number of hydrogen-bond acceptors (Lipinski definition) is 4. The highest BCUT2D eigenvalue weighted by molar-refractivity contribution is 6.30. The van der Waals surface area contributed by atoms with E-state index in [1.807, 2.05) is 6.92 Å². The summed E-state index contributed by atoms with van der Waals surface area (Å²) in [6.07, 6.45) is 0. The number of ether oxygens (including phenoxy) is 1. The van der Waals surface area contributed by atoms with Gasteiger partial charge in [0.1, 0.15) is 12.4 Å². The molecular formula is C15H15ClN2O3. The normalized spacial score (nSPS) is 12.0. The van der Waals surface area contributed by atoms with Crippen molar-refractivity contribution in [2.24, 2.45) is 5.73 Å². The van der Waals surface area contributed by atoms with Gasteiger partial charge in [-0.25, -0.2) is 0 Å². The molecule has 0 heterocycles. The Kier molecular flexibility index (Phi) is 4.77. The molecule has 2 aromatic carbocycles. The minimum atomic E-state index is -0.433. The van der Waals surface area contributed by atoms with Crippen LogP contribution >= 0.6 is 11.6 Å². The fourth-order valence-electron chi connectivity index (χ4n) is 1.88. The zero-order chi connectivity index (χ0) is 15.4. The molecule has 2 aromatic rings. The fourth-order valence-corrected chi connectivity index (χ4v) is 2.06. The van der Waals surface area contributed by atoms with Crippen molar-refractivity contribution < 1.29 is 9.66 Å². The molecule has 2 N–H and O–H groups in total. The van der Waals surface area contributed by atoms with Crippen LogP contribution in [0.5, 0.6) is 5.75 Å². The molecule has 0 aliphatic rings. The van der Waals surface area contributed by atoms with Crippen LogP contribution in [0.3, 0.4) is 0 Å². The van der Waals surface area contributed by atoms with E-state index in [1.54, 1.807) is 30.3 Å². The van der Waals surface area contributed by atoms with Crippen molar-refractivity contribution in [3.8, 4) is 5.75 Å². The molecule has 5 nitrogen and oxygen atoms in total. The average Bonchev–Trinajstić information content (AvgIpc) is 2.46. The maximum absolute atomic E-state index is 10.6. The quantitative estimate of drug-likeness (QED) is 0.672. The molecule has 0 fully saturated rings. The van der Waals surface area contributed by atoms with E-state index in [0.29, 0.717) is 17.4 Å². The Balaban J connectivity index is 2.11. The molecule has 0 aromatic heterocycles. The molecule has 1 atom stereocenters. The number of hydrogen-bond donors (Lipinski definition) is 1. The van der Waals surface area contributed by atoms with Gasteiger partial charge in [0.15, 0.2) is 0 Å². The van der Waals surface area contributed by atoms with Crippen LogP contribution in [0, 0.1) is 10.1 Å². The molecule has 0 bridgehead atoms. The van der Waals surface area contributed by atoms with Gasteiger partial charge >= 0.3 is 0 Å². The lowest BCUT2D eigenvalue weighted by atomic mass is 10.1. The van der Waals surface area contributed by atoms with Gasteiger partial charge in [-0.3, -0.25) is 10.1 Å². The van der Waals surface area contributed by atoms with Crippen molar-refractivity contribution in [3.05, 3.63) is 68.7 Å². The second-order valence-corrected chi connectivity index (χ2v) is 5.12. The predicted octanol–water partition coefficient (Wildman–Crippen LogP) is 3.85. The topological polar surface area (TPSA) is 78.4 Å². The summed E-state index contributed by atoms with van der Waals surface area (Å²) in [6.45, 7) is 2.16. The van der Waals surface area contributed by atoms with Crippen molar-refractivity contribution in [3.63, 3.8) is 0 Å². The van der Waals surface area contributed by atoms with Crippen molar-refractivity contribution in [1.29, 1.82) is 0 Å². The molecule has 0 aliphatic heterocycles. The first-order valence-corrected chi connectivity index (χ1v) is 6.76. The summed E-state index contributed by atoms with van der Waals surface area (Å²) >= 11 is 5.95. The number of nitrogens with zero attached hydrogens (tertiary/aromatic N) is 1. The molecule has 110 valence electrons. The average molecular weight is 307 g/mol. The third-order valence-electron chi connectivity index (χ3n) is 3.00. The van der Waals surface area contributed by atoms with Crippen LogP contribution in [-0.4, -0.2) is 4.92 Å². The highest BCUT2D eigenvalue weighted by Crippen LogP contribution is 2.28. The molecule has 0 aliphatic carbocycles. The van der Waals surface area contributed by atoms with Gasteiger partial charge in [-0.2, -0.15) is 0 Å². The van der Waals surface area contributed by atoms with Gasteiger partial charge in [0.05, 0.1) is 4.92 Å². The van der Waals surface area contributed by atoms with Crippen LogP contribution in [-0.2, 0) is 6.61 Å². The molecule has 21 heavy (non-hydrogen) atoms. The van der Waals surface area contributed by atoms with Crippen molar-refractivity contribution in [1.82, 2.24) is 0 Å². The van der Waals surface area contributed by atoms with Gasteiger partial charge in [0.25, 0.3) is 5.69 Å². The van der Waals surface area contributed by atoms with Gasteiger partial charge in [-0.05, 0) is 42.8 Å². The number of benzene rings is 2. The van der Waals surface area contributed by atoms with Crippen LogP contribution in [0.4, 0.5) is 5.69 Å². The third kappa shape index (κ3) is 3.93. The van der Waals surface area contributed by atoms with E-state index in [1.165, 1.54) is 12.1 Å². The summed E-state index contributed by atoms with van der Waals surface area (Å²) < 4.78 is 5.73. The van der Waals surface area contributed by atoms with Crippen molar-refractivity contribution in [2.75, 3.05) is 0 Å². The van der Waals surface area contributed by atoms with Crippen LogP contribution in [0.15, 0.2) is 42.5 Å². The fraction of sp³-hybridized carbons (Fsp3) is 0.200. The molecule has 0 radical (unpaired) electrons. The molecule has 2 rings (SSSR count). The monoisotopic (exact) mass is 306 g/mol. The van der Waals surface area contributed by atoms with Gasteiger partial charge in [0.2, 0.25) is 0 Å². The smallest absolute Gasteiger partial charge is 0.269 e. The third-order valence-corrected chi connectivity index (χ3v) is 3.24. The molecular weight excluding hydrogens is 292 g/mol. The van der Waals surface area contributed by atoms with Gasteiger partial charge in [0, 0.05) is 28.8 Å². The van der Waals surface area contributed by atoms with Crippen LogP contribution in [0.25, 0.3) is 0 Å². The van der Waals surface area contributed by atoms with Gasteiger partial charge in [-0.1, -0.05) is 11.6 Å². The Bertz CT molecular complexity index is 642. The SMILES string of the molecule is CC(N)c1cc(Cl)ccc1OCc1ccc([N+](=O)[O-])cc1. The first-order chi connectivity index (χ1) is 9.97. The first-order valence-electron chi connectivity index (χ1n) is 6.38. The summed E-state index contributed by atoms with van der Waals surface area (Å²) in [5.74, 6) is 0.660. The molecule has 0 saturated heterocycles. The van der Waals surface area contributed by atoms with Crippen molar-refractivity contribution in [2.45, 2.75) is 19.6 Å². The largest absolute Gasteiger partial charge is 0.489 e. The zero-order valence-electron chi connectivity index (χ0n) is 11.5. The summed E-state index contributed by atoms with van der Waals surface area (Å²) in [5.41, 5.74) is 7.61. The second-order valence-electron chi connectivity index (χ2n) is 4.68. The number of rotatable bonds is 5. The van der Waals surface area contributed by atoms with Gasteiger partial charge in [-0.15, -0.1) is 0 Å². The van der Waals surface area contributed by atoms with Gasteiger partial charge < -0.3 is 10.5 Å². The Labute approximate surface area is 127 Å². The van der Waals surface area contributed by atoms with E-state index in [4.69, 9.17) is 22.1 Å². The van der Waals surface area contributed by atoms with E-state index < -0.39 is 4.92 Å². The van der Waals surface area contributed by atoms with Crippen LogP contribution < -0.4 is 10.5 Å². The number of nitro benzene ring substituents is 1. The number of halogens is 1. The number of non-ortho nitro benzene ring substituents is 1. The Morgan fingerprint density at radius 3 is 2.52 bits per heavy atom. The van der Waals surface area contributed by atoms with E-state index in [-0.39, 0.29) is 11.7 Å². The lowest BCUT2D eigenvalue weighted by Gasteiger charge is -2.14. The lowest BCUT2D eigenvalue weighted by Crippen LogP contribution is -2.08. The Hall–Kier alpha value is -2.11. The number of nitro groups is 1. The minimum absolute atomic E-state index is 0.0570. The van der Waals surface area contributed by atoms with E-state index >= 15 is 0 Å². The Morgan fingerprint density at radius 1 is 1.29 bits per heavy atom. The minimum Gasteiger partial charge on any atom is -0.489 e. The highest BCUT2D eigenvalue weighted by Gasteiger charge is 2.10. The molecule has 1 unspecified atom stereocenters. The maximum Gasteiger partial charge on any atom is 0.269 e. The zero-order valence-corrected chi connectivity index (χ0v) is 12.2. The second kappa shape index (κ2) is 6.56. The Morgan fingerprint density at radius 2 is 1.95 bits per heavy atom. The molecule has 0 amide bonds. The van der Waals surface area contributed by atoms with E-state index in [0.717, 1.165) is 11.1 Å². The predicted molar refractivity (Wildman–Crippen MR) is 81.5 cm³/mol. The summed E-state index contributed by atoms with van der Waals surface area (Å²) in [5, 5.41) is 11.2. The van der Waals surface area contributed by atoms with Crippen LogP contribution in [0.1, 0.15) is 24.1 Å². The standard InChI is InChI=1S/C15H15ClN2O3/c1-10(17)14-8-12(16)4-7-15(14)21-9-11-2-5-13(6-3-11)18(19)20/h2-8,10H,9,17H2,1H3. The lowest BCUT2D eigenvalue weighted by molar-refractivity contribution is -0.384. The number of nitrogens with two attached hydrogens (primary N) is 1. The van der Waals surface area contributed by atoms with E-state index in [9.17, 15) is 10.1 Å². The van der Waals surface area contributed by atoms with Crippen LogP contribution in [0.2, 0.25) is 5.02 Å². The molecule has 6 heteroatoms.